The van der Waals surface area contributed by atoms with Crippen LogP contribution >= 0.6 is 0 Å². The van der Waals surface area contributed by atoms with Crippen LogP contribution in [0.2, 0.25) is 0 Å². The number of carbonyl (C=O) groups is 1. The largest absolute Gasteiger partial charge is 0.462 e. The minimum Gasteiger partial charge on any atom is -0.462 e. The second kappa shape index (κ2) is 6.27. The maximum absolute atomic E-state index is 12.1. The number of carbonyl (C=O) groups excluding carboxylic acids is 1. The molecule has 1 heterocycles. The zero-order valence-electron chi connectivity index (χ0n) is 12.7. The number of benzene rings is 1. The molecule has 1 aromatic heterocycles. The van der Waals surface area contributed by atoms with Gasteiger partial charge in [0.15, 0.2) is 0 Å². The molecule has 1 N–H and O–H groups in total. The maximum atomic E-state index is 12.1. The third-order valence-corrected chi connectivity index (χ3v) is 3.26. The Bertz CT molecular complexity index is 870. The van der Waals surface area contributed by atoms with Crippen LogP contribution in [-0.2, 0) is 9.53 Å². The summed E-state index contributed by atoms with van der Waals surface area (Å²) in [6.07, 6.45) is 1.26. The molecule has 0 saturated carbocycles. The fourth-order valence-corrected chi connectivity index (χ4v) is 2.30. The number of rotatable bonds is 3. The highest BCUT2D eigenvalue weighted by atomic mass is 16.5. The normalized spacial score (nSPS) is 11.3. The van der Waals surface area contributed by atoms with Gasteiger partial charge in [0.25, 0.3) is 5.56 Å². The minimum atomic E-state index is -0.731. The van der Waals surface area contributed by atoms with Crippen molar-refractivity contribution in [2.45, 2.75) is 20.8 Å². The van der Waals surface area contributed by atoms with Crippen molar-refractivity contribution >= 4 is 22.9 Å². The SMILES string of the molecule is CCOC(=O)C(C#N)=Cc1cc2c(C)cc(C)cc2[nH]c1=O. The minimum absolute atomic E-state index is 0.171. The highest BCUT2D eigenvalue weighted by molar-refractivity contribution is 5.98. The summed E-state index contributed by atoms with van der Waals surface area (Å²) in [5.74, 6) is -0.731. The number of esters is 1. The lowest BCUT2D eigenvalue weighted by Crippen LogP contribution is -2.12. The van der Waals surface area contributed by atoms with E-state index >= 15 is 0 Å². The summed E-state index contributed by atoms with van der Waals surface area (Å²) in [4.78, 5) is 26.5. The van der Waals surface area contributed by atoms with Gasteiger partial charge in [-0.25, -0.2) is 4.79 Å². The number of aromatic nitrogens is 1. The number of ether oxygens (including phenoxy) is 1. The van der Waals surface area contributed by atoms with Crippen molar-refractivity contribution in [1.29, 1.82) is 5.26 Å². The fourth-order valence-electron chi connectivity index (χ4n) is 2.30. The second-order valence-corrected chi connectivity index (χ2v) is 4.99. The van der Waals surface area contributed by atoms with Crippen LogP contribution < -0.4 is 5.56 Å². The van der Waals surface area contributed by atoms with Gasteiger partial charge < -0.3 is 9.72 Å². The van der Waals surface area contributed by atoms with Crippen molar-refractivity contribution in [3.05, 3.63) is 50.8 Å². The molecular weight excluding hydrogens is 280 g/mol. The van der Waals surface area contributed by atoms with Crippen LogP contribution in [0.15, 0.2) is 28.6 Å². The Balaban J connectivity index is 2.61. The molecule has 2 rings (SSSR count). The lowest BCUT2D eigenvalue weighted by Gasteiger charge is -2.06. The van der Waals surface area contributed by atoms with Crippen LogP contribution in [0.1, 0.15) is 23.6 Å². The molecule has 0 aliphatic carbocycles. The predicted octanol–water partition coefficient (Wildman–Crippen LogP) is 2.62. The van der Waals surface area contributed by atoms with Gasteiger partial charge in [-0.1, -0.05) is 6.07 Å². The quantitative estimate of drug-likeness (QED) is 0.536. The van der Waals surface area contributed by atoms with Gasteiger partial charge in [-0.15, -0.1) is 0 Å². The van der Waals surface area contributed by atoms with Crippen LogP contribution in [0.25, 0.3) is 17.0 Å². The molecule has 0 fully saturated rings. The molecule has 112 valence electrons. The molecule has 0 saturated heterocycles. The smallest absolute Gasteiger partial charge is 0.348 e. The molecule has 0 unspecified atom stereocenters. The van der Waals surface area contributed by atoms with Gasteiger partial charge >= 0.3 is 5.97 Å². The summed E-state index contributed by atoms with van der Waals surface area (Å²) in [5.41, 5.74) is 2.49. The van der Waals surface area contributed by atoms with E-state index in [1.54, 1.807) is 19.1 Å². The van der Waals surface area contributed by atoms with Crippen molar-refractivity contribution in [3.63, 3.8) is 0 Å². The van der Waals surface area contributed by atoms with Crippen molar-refractivity contribution in [1.82, 2.24) is 4.98 Å². The first kappa shape index (κ1) is 15.5. The van der Waals surface area contributed by atoms with E-state index in [-0.39, 0.29) is 23.3 Å². The molecular formula is C17H16N2O3. The van der Waals surface area contributed by atoms with Gasteiger partial charge in [-0.3, -0.25) is 4.79 Å². The zero-order chi connectivity index (χ0) is 16.3. The molecule has 0 aliphatic heterocycles. The number of aryl methyl sites for hydroxylation is 2. The Hall–Kier alpha value is -2.87. The molecule has 0 atom stereocenters. The molecule has 22 heavy (non-hydrogen) atoms. The summed E-state index contributed by atoms with van der Waals surface area (Å²) in [6.45, 7) is 5.72. The summed E-state index contributed by atoms with van der Waals surface area (Å²) in [6, 6.07) is 7.34. The molecule has 5 nitrogen and oxygen atoms in total. The molecule has 0 radical (unpaired) electrons. The lowest BCUT2D eigenvalue weighted by atomic mass is 10.0. The third kappa shape index (κ3) is 3.07. The molecule has 2 aromatic rings. The van der Waals surface area contributed by atoms with Gasteiger partial charge in [0.1, 0.15) is 11.6 Å². The topological polar surface area (TPSA) is 82.9 Å². The number of pyridine rings is 1. The highest BCUT2D eigenvalue weighted by Gasteiger charge is 2.12. The standard InChI is InChI=1S/C17H16N2O3/c1-4-22-17(21)13(9-18)7-12-8-14-11(3)5-10(2)6-15(14)19-16(12)20/h5-8H,4H2,1-3H3,(H,19,20). The molecule has 0 spiro atoms. The first-order valence-corrected chi connectivity index (χ1v) is 6.89. The van der Waals surface area contributed by atoms with E-state index in [1.165, 1.54) is 6.08 Å². The number of hydrogen-bond acceptors (Lipinski definition) is 4. The first-order valence-electron chi connectivity index (χ1n) is 6.89. The summed E-state index contributed by atoms with van der Waals surface area (Å²) >= 11 is 0. The van der Waals surface area contributed by atoms with Gasteiger partial charge in [0, 0.05) is 16.5 Å². The second-order valence-electron chi connectivity index (χ2n) is 4.99. The Kier molecular flexibility index (Phi) is 4.42. The van der Waals surface area contributed by atoms with E-state index in [9.17, 15) is 9.59 Å². The van der Waals surface area contributed by atoms with E-state index in [0.717, 1.165) is 22.0 Å². The van der Waals surface area contributed by atoms with Crippen LogP contribution in [0, 0.1) is 25.2 Å². The third-order valence-electron chi connectivity index (χ3n) is 3.26. The Morgan fingerprint density at radius 1 is 1.36 bits per heavy atom. The van der Waals surface area contributed by atoms with Crippen LogP contribution in [-0.4, -0.2) is 17.6 Å². The van der Waals surface area contributed by atoms with Crippen molar-refractivity contribution < 1.29 is 9.53 Å². The first-order chi connectivity index (χ1) is 10.5. The summed E-state index contributed by atoms with van der Waals surface area (Å²) < 4.78 is 4.79. The van der Waals surface area contributed by atoms with Gasteiger partial charge in [0.2, 0.25) is 0 Å². The average Bonchev–Trinajstić information content (AvgIpc) is 2.45. The Morgan fingerprint density at radius 2 is 2.09 bits per heavy atom. The van der Waals surface area contributed by atoms with Crippen molar-refractivity contribution in [2.75, 3.05) is 6.61 Å². The fraction of sp³-hybridized carbons (Fsp3) is 0.235. The van der Waals surface area contributed by atoms with E-state index in [4.69, 9.17) is 10.00 Å². The number of nitrogens with zero attached hydrogens (tertiary/aromatic N) is 1. The number of H-pyrrole nitrogens is 1. The monoisotopic (exact) mass is 296 g/mol. The maximum Gasteiger partial charge on any atom is 0.348 e. The number of hydrogen-bond donors (Lipinski definition) is 1. The zero-order valence-corrected chi connectivity index (χ0v) is 12.7. The van der Waals surface area contributed by atoms with Crippen molar-refractivity contribution in [2.24, 2.45) is 0 Å². The van der Waals surface area contributed by atoms with E-state index < -0.39 is 5.97 Å². The molecule has 0 aliphatic rings. The summed E-state index contributed by atoms with van der Waals surface area (Å²) in [7, 11) is 0. The number of nitriles is 1. The van der Waals surface area contributed by atoms with Crippen LogP contribution in [0.5, 0.6) is 0 Å². The Labute approximate surface area is 127 Å². The van der Waals surface area contributed by atoms with Crippen molar-refractivity contribution in [3.8, 4) is 6.07 Å². The summed E-state index contributed by atoms with van der Waals surface area (Å²) in [5, 5.41) is 9.92. The molecule has 0 bridgehead atoms. The van der Waals surface area contributed by atoms with E-state index in [2.05, 4.69) is 4.98 Å². The van der Waals surface area contributed by atoms with E-state index in [1.807, 2.05) is 26.0 Å². The molecule has 5 heteroatoms. The number of nitrogens with one attached hydrogen (secondary N) is 1. The average molecular weight is 296 g/mol. The van der Waals surface area contributed by atoms with Crippen LogP contribution in [0.3, 0.4) is 0 Å². The molecule has 0 amide bonds. The Morgan fingerprint density at radius 3 is 2.73 bits per heavy atom. The lowest BCUT2D eigenvalue weighted by molar-refractivity contribution is -0.137. The number of aromatic amines is 1. The molecule has 1 aromatic carbocycles. The number of fused-ring (bicyclic) bond motifs is 1. The highest BCUT2D eigenvalue weighted by Crippen LogP contribution is 2.19. The van der Waals surface area contributed by atoms with Gasteiger partial charge in [0.05, 0.1) is 6.61 Å². The van der Waals surface area contributed by atoms with Gasteiger partial charge in [-0.05, 0) is 50.1 Å². The van der Waals surface area contributed by atoms with E-state index in [0.29, 0.717) is 0 Å². The predicted molar refractivity (Wildman–Crippen MR) is 84.3 cm³/mol. The van der Waals surface area contributed by atoms with Crippen LogP contribution in [0.4, 0.5) is 0 Å². The van der Waals surface area contributed by atoms with Gasteiger partial charge in [-0.2, -0.15) is 5.26 Å².